The maximum absolute atomic E-state index is 12.4. The number of hydrogen-bond acceptors (Lipinski definition) is 7. The summed E-state index contributed by atoms with van der Waals surface area (Å²) in [4.78, 5) is 8.08. The van der Waals surface area contributed by atoms with Crippen LogP contribution in [0.1, 0.15) is 6.42 Å². The van der Waals surface area contributed by atoms with Crippen molar-refractivity contribution in [2.45, 2.75) is 16.7 Å². The molecule has 0 amide bonds. The second kappa shape index (κ2) is 6.19. The molecule has 1 unspecified atom stereocenters. The molecule has 1 saturated heterocycles. The molecule has 7 nitrogen and oxygen atoms in total. The molecule has 118 valence electrons. The summed E-state index contributed by atoms with van der Waals surface area (Å²) < 4.78 is 37.5. The number of aromatic nitrogens is 2. The quantitative estimate of drug-likeness (QED) is 0.817. The van der Waals surface area contributed by atoms with Crippen molar-refractivity contribution in [3.63, 3.8) is 0 Å². The monoisotopic (exact) mass is 341 g/mol. The summed E-state index contributed by atoms with van der Waals surface area (Å²) in [6.07, 6.45) is 3.35. The molecule has 0 aliphatic carbocycles. The predicted molar refractivity (Wildman–Crippen MR) is 80.7 cm³/mol. The van der Waals surface area contributed by atoms with Crippen LogP contribution >= 0.6 is 11.3 Å². The van der Waals surface area contributed by atoms with Gasteiger partial charge in [0.2, 0.25) is 0 Å². The number of rotatable bonds is 5. The lowest BCUT2D eigenvalue weighted by molar-refractivity contribution is 0.194. The molecule has 2 aromatic rings. The van der Waals surface area contributed by atoms with Crippen LogP contribution in [0.5, 0.6) is 11.8 Å². The molecule has 3 heterocycles. The van der Waals surface area contributed by atoms with E-state index in [1.54, 1.807) is 17.5 Å². The molecular formula is C13H15N3O4S2. The Morgan fingerprint density at radius 2 is 2.09 bits per heavy atom. The van der Waals surface area contributed by atoms with Gasteiger partial charge in [0, 0.05) is 18.9 Å². The summed E-state index contributed by atoms with van der Waals surface area (Å²) in [5, 5.41) is 1.75. The first-order valence-electron chi connectivity index (χ1n) is 6.66. The van der Waals surface area contributed by atoms with E-state index in [9.17, 15) is 8.42 Å². The van der Waals surface area contributed by atoms with E-state index in [0.717, 1.165) is 0 Å². The Balaban J connectivity index is 1.70. The fourth-order valence-corrected chi connectivity index (χ4v) is 4.87. The third kappa shape index (κ3) is 2.92. The molecule has 1 atom stereocenters. The third-order valence-corrected chi connectivity index (χ3v) is 6.54. The van der Waals surface area contributed by atoms with Crippen molar-refractivity contribution in [1.82, 2.24) is 14.3 Å². The van der Waals surface area contributed by atoms with Crippen molar-refractivity contribution < 1.29 is 17.9 Å². The van der Waals surface area contributed by atoms with Crippen LogP contribution in [0.15, 0.2) is 34.1 Å². The smallest absolute Gasteiger partial charge is 0.278 e. The number of thiophene rings is 1. The van der Waals surface area contributed by atoms with E-state index in [-0.39, 0.29) is 12.0 Å². The number of nitrogens with zero attached hydrogens (tertiary/aromatic N) is 3. The van der Waals surface area contributed by atoms with Crippen molar-refractivity contribution in [3.05, 3.63) is 29.9 Å². The molecule has 1 aliphatic heterocycles. The van der Waals surface area contributed by atoms with Crippen LogP contribution in [-0.4, -0.2) is 49.0 Å². The first kappa shape index (κ1) is 15.2. The van der Waals surface area contributed by atoms with Crippen molar-refractivity contribution in [2.75, 3.05) is 20.2 Å². The van der Waals surface area contributed by atoms with Gasteiger partial charge in [0.05, 0.1) is 13.7 Å². The third-order valence-electron chi connectivity index (χ3n) is 3.30. The van der Waals surface area contributed by atoms with Crippen molar-refractivity contribution in [3.8, 4) is 11.8 Å². The van der Waals surface area contributed by atoms with E-state index in [1.807, 2.05) is 0 Å². The molecule has 0 saturated carbocycles. The number of ether oxygens (including phenoxy) is 2. The van der Waals surface area contributed by atoms with Crippen LogP contribution in [0.2, 0.25) is 0 Å². The minimum absolute atomic E-state index is 0.264. The molecule has 0 aromatic carbocycles. The molecule has 22 heavy (non-hydrogen) atoms. The summed E-state index contributed by atoms with van der Waals surface area (Å²) in [6.45, 7) is 0.716. The first-order chi connectivity index (χ1) is 10.6. The van der Waals surface area contributed by atoms with E-state index in [1.165, 1.54) is 35.1 Å². The summed E-state index contributed by atoms with van der Waals surface area (Å²) in [7, 11) is -1.95. The average molecular weight is 341 g/mol. The van der Waals surface area contributed by atoms with Crippen LogP contribution in [0.25, 0.3) is 0 Å². The van der Waals surface area contributed by atoms with Gasteiger partial charge in [-0.3, -0.25) is 0 Å². The Bertz CT molecular complexity index is 734. The lowest BCUT2D eigenvalue weighted by Gasteiger charge is -2.16. The highest BCUT2D eigenvalue weighted by molar-refractivity contribution is 7.91. The molecule has 0 spiro atoms. The maximum atomic E-state index is 12.4. The molecule has 0 radical (unpaired) electrons. The highest BCUT2D eigenvalue weighted by atomic mass is 32.2. The Labute approximate surface area is 132 Å². The lowest BCUT2D eigenvalue weighted by Crippen LogP contribution is -2.30. The fourth-order valence-electron chi connectivity index (χ4n) is 2.24. The zero-order chi connectivity index (χ0) is 15.6. The van der Waals surface area contributed by atoms with Gasteiger partial charge in [-0.2, -0.15) is 4.31 Å². The highest BCUT2D eigenvalue weighted by Gasteiger charge is 2.34. The Morgan fingerprint density at radius 3 is 2.77 bits per heavy atom. The standard InChI is InChI=1S/C13H15N3O4S2/c1-19-12-13(15-6-5-14-12)20-10-4-7-16(9-10)22(17,18)11-3-2-8-21-11/h2-3,5-6,8,10H,4,7,9H2,1H3. The van der Waals surface area contributed by atoms with Gasteiger partial charge in [0.25, 0.3) is 21.8 Å². The second-order valence-electron chi connectivity index (χ2n) is 4.69. The molecule has 2 aromatic heterocycles. The minimum atomic E-state index is -3.43. The second-order valence-corrected chi connectivity index (χ2v) is 7.81. The maximum Gasteiger partial charge on any atom is 0.278 e. The summed E-state index contributed by atoms with van der Waals surface area (Å²) >= 11 is 1.22. The summed E-state index contributed by atoms with van der Waals surface area (Å²) in [6, 6.07) is 3.34. The fraction of sp³-hybridized carbons (Fsp3) is 0.385. The molecule has 9 heteroatoms. The van der Waals surface area contributed by atoms with Gasteiger partial charge >= 0.3 is 0 Å². The summed E-state index contributed by atoms with van der Waals surface area (Å²) in [5.41, 5.74) is 0. The van der Waals surface area contributed by atoms with Gasteiger partial charge in [-0.05, 0) is 17.9 Å². The van der Waals surface area contributed by atoms with E-state index in [2.05, 4.69) is 9.97 Å². The van der Waals surface area contributed by atoms with E-state index >= 15 is 0 Å². The van der Waals surface area contributed by atoms with E-state index in [4.69, 9.17) is 9.47 Å². The Hall–Kier alpha value is -1.71. The van der Waals surface area contributed by atoms with Crippen molar-refractivity contribution in [2.24, 2.45) is 0 Å². The summed E-state index contributed by atoms with van der Waals surface area (Å²) in [5.74, 6) is 0.576. The average Bonchev–Trinajstić information content (AvgIpc) is 3.20. The van der Waals surface area contributed by atoms with Crippen LogP contribution in [0.3, 0.4) is 0 Å². The lowest BCUT2D eigenvalue weighted by atomic mass is 10.3. The Morgan fingerprint density at radius 1 is 1.32 bits per heavy atom. The molecule has 0 N–H and O–H groups in total. The zero-order valence-electron chi connectivity index (χ0n) is 11.9. The van der Waals surface area contributed by atoms with Crippen LogP contribution < -0.4 is 9.47 Å². The SMILES string of the molecule is COc1nccnc1OC1CCN(S(=O)(=O)c2cccs2)C1. The van der Waals surface area contributed by atoms with Gasteiger partial charge in [-0.25, -0.2) is 18.4 Å². The zero-order valence-corrected chi connectivity index (χ0v) is 13.5. The Kier molecular flexibility index (Phi) is 4.27. The molecule has 3 rings (SSSR count). The largest absolute Gasteiger partial charge is 0.477 e. The van der Waals surface area contributed by atoms with E-state index < -0.39 is 10.0 Å². The van der Waals surface area contributed by atoms with Crippen LogP contribution in [0.4, 0.5) is 0 Å². The van der Waals surface area contributed by atoms with Gasteiger partial charge in [0.15, 0.2) is 0 Å². The molecule has 0 bridgehead atoms. The van der Waals surface area contributed by atoms with Crippen LogP contribution in [-0.2, 0) is 10.0 Å². The number of sulfonamides is 1. The first-order valence-corrected chi connectivity index (χ1v) is 8.98. The highest BCUT2D eigenvalue weighted by Crippen LogP contribution is 2.28. The topological polar surface area (TPSA) is 81.6 Å². The van der Waals surface area contributed by atoms with Gasteiger partial charge < -0.3 is 9.47 Å². The van der Waals surface area contributed by atoms with Gasteiger partial charge in [0.1, 0.15) is 10.3 Å². The van der Waals surface area contributed by atoms with Crippen molar-refractivity contribution >= 4 is 21.4 Å². The number of methoxy groups -OCH3 is 1. The van der Waals surface area contributed by atoms with Crippen molar-refractivity contribution in [1.29, 1.82) is 0 Å². The molecular weight excluding hydrogens is 326 g/mol. The van der Waals surface area contributed by atoms with E-state index in [0.29, 0.717) is 29.6 Å². The predicted octanol–water partition coefficient (Wildman–Crippen LogP) is 1.39. The van der Waals surface area contributed by atoms with Gasteiger partial charge in [-0.15, -0.1) is 11.3 Å². The minimum Gasteiger partial charge on any atom is -0.477 e. The number of hydrogen-bond donors (Lipinski definition) is 0. The van der Waals surface area contributed by atoms with Gasteiger partial charge in [-0.1, -0.05) is 6.07 Å². The molecule has 1 aliphatic rings. The normalized spacial score (nSPS) is 19.2. The van der Waals surface area contributed by atoms with Crippen LogP contribution in [0, 0.1) is 0 Å². The molecule has 1 fully saturated rings.